The number of phenolic OH excluding ortho intramolecular Hbond substituents is 1. The molecule has 0 unspecified atom stereocenters. The first-order valence-corrected chi connectivity index (χ1v) is 13.1. The first-order chi connectivity index (χ1) is 18.3. The van der Waals surface area contributed by atoms with E-state index in [9.17, 15) is 19.8 Å². The number of hydrogen-bond donors (Lipinski definition) is 3. The molecule has 6 rings (SSSR count). The van der Waals surface area contributed by atoms with Crippen molar-refractivity contribution >= 4 is 11.9 Å². The quantitative estimate of drug-likeness (QED) is 0.491. The maximum atomic E-state index is 13.6. The zero-order valence-electron chi connectivity index (χ0n) is 21.3. The van der Waals surface area contributed by atoms with Gasteiger partial charge in [-0.05, 0) is 50.6 Å². The Morgan fingerprint density at radius 2 is 2.03 bits per heavy atom. The molecule has 1 spiro atoms. The van der Waals surface area contributed by atoms with Crippen LogP contribution in [0.5, 0.6) is 11.5 Å². The number of phenols is 1. The summed E-state index contributed by atoms with van der Waals surface area (Å²) in [5.41, 5.74) is 5.73. The average molecular weight is 521 g/mol. The minimum atomic E-state index is -1.29. The van der Waals surface area contributed by atoms with Gasteiger partial charge >= 0.3 is 11.9 Å². The van der Waals surface area contributed by atoms with Crippen molar-refractivity contribution in [1.29, 1.82) is 0 Å². The highest BCUT2D eigenvalue weighted by Gasteiger charge is 2.71. The predicted octanol–water partition coefficient (Wildman–Crippen LogP) is 2.24. The number of aromatic hydroxyl groups is 1. The van der Waals surface area contributed by atoms with E-state index in [0.717, 1.165) is 24.1 Å². The highest BCUT2D eigenvalue weighted by molar-refractivity contribution is 5.82. The van der Waals surface area contributed by atoms with Gasteiger partial charge in [0.2, 0.25) is 6.10 Å². The van der Waals surface area contributed by atoms with Gasteiger partial charge in [0.25, 0.3) is 0 Å². The lowest BCUT2D eigenvalue weighted by Gasteiger charge is -2.56. The molecule has 2 aliphatic carbocycles. The smallest absolute Gasteiger partial charge is 0.357 e. The standard InChI is InChI=1S/C29H32N2O7/c1-31-15-5-12-28-23-18-8-9-19(32)25(23)38-26(28)20(10-13-29(28,35)21(31)16-18)36-27(34)24(37-22(33)11-14-30)17-6-3-2-4-7-17/h2-4,6-10,21,24,26,32,35H,5,11-16,30H2,1H3/t21-,24+,26+,28+,29-/m1/s1. The molecule has 200 valence electrons. The molecule has 1 fully saturated rings. The highest BCUT2D eigenvalue weighted by atomic mass is 16.6. The normalized spacial score (nSPS) is 29.8. The van der Waals surface area contributed by atoms with Crippen LogP contribution in [0, 0.1) is 0 Å². The van der Waals surface area contributed by atoms with Crippen molar-refractivity contribution in [1.82, 2.24) is 4.90 Å². The summed E-state index contributed by atoms with van der Waals surface area (Å²) in [6.07, 6.45) is 1.85. The fourth-order valence-electron chi connectivity index (χ4n) is 7.05. The molecule has 0 aromatic heterocycles. The molecular weight excluding hydrogens is 488 g/mol. The Bertz CT molecular complexity index is 1310. The number of nitrogens with two attached hydrogens (primary N) is 1. The lowest BCUT2D eigenvalue weighted by atomic mass is 9.52. The third kappa shape index (κ3) is 3.49. The van der Waals surface area contributed by atoms with Crippen LogP contribution in [0.1, 0.15) is 48.5 Å². The van der Waals surface area contributed by atoms with Crippen molar-refractivity contribution in [2.45, 2.75) is 61.4 Å². The van der Waals surface area contributed by atoms with Gasteiger partial charge in [-0.25, -0.2) is 4.79 Å². The summed E-state index contributed by atoms with van der Waals surface area (Å²) >= 11 is 0. The number of carbonyl (C=O) groups is 2. The molecule has 38 heavy (non-hydrogen) atoms. The number of benzene rings is 2. The molecule has 2 heterocycles. The molecule has 0 amide bonds. The monoisotopic (exact) mass is 520 g/mol. The van der Waals surface area contributed by atoms with Gasteiger partial charge in [-0.1, -0.05) is 36.4 Å². The zero-order chi connectivity index (χ0) is 26.7. The van der Waals surface area contributed by atoms with Gasteiger partial charge in [0.1, 0.15) is 5.76 Å². The van der Waals surface area contributed by atoms with Gasteiger partial charge in [0.05, 0.1) is 17.4 Å². The summed E-state index contributed by atoms with van der Waals surface area (Å²) in [4.78, 5) is 28.1. The van der Waals surface area contributed by atoms with E-state index in [2.05, 4.69) is 4.90 Å². The summed E-state index contributed by atoms with van der Waals surface area (Å²) in [6.45, 7) is 0.899. The summed E-state index contributed by atoms with van der Waals surface area (Å²) in [5.74, 6) is -0.787. The van der Waals surface area contributed by atoms with E-state index in [1.807, 2.05) is 13.1 Å². The first-order valence-electron chi connectivity index (χ1n) is 13.1. The van der Waals surface area contributed by atoms with Crippen LogP contribution >= 0.6 is 0 Å². The third-order valence-electron chi connectivity index (χ3n) is 8.71. The molecule has 4 N–H and O–H groups in total. The fourth-order valence-corrected chi connectivity index (χ4v) is 7.05. The Hall–Kier alpha value is -3.40. The minimum absolute atomic E-state index is 0.00511. The van der Waals surface area contributed by atoms with Crippen molar-refractivity contribution in [2.24, 2.45) is 5.73 Å². The number of likely N-dealkylation sites (tertiary alicyclic amines) is 1. The highest BCUT2D eigenvalue weighted by Crippen LogP contribution is 2.65. The van der Waals surface area contributed by atoms with Crippen molar-refractivity contribution in [2.75, 3.05) is 20.1 Å². The van der Waals surface area contributed by atoms with E-state index >= 15 is 0 Å². The van der Waals surface area contributed by atoms with Crippen LogP contribution in [0.25, 0.3) is 0 Å². The molecule has 5 atom stereocenters. The molecule has 4 aliphatic rings. The maximum absolute atomic E-state index is 13.6. The third-order valence-corrected chi connectivity index (χ3v) is 8.71. The summed E-state index contributed by atoms with van der Waals surface area (Å²) in [6, 6.07) is 12.0. The van der Waals surface area contributed by atoms with E-state index in [-0.39, 0.29) is 36.9 Å². The van der Waals surface area contributed by atoms with Gasteiger partial charge in [-0.3, -0.25) is 4.79 Å². The molecular formula is C29H32N2O7. The van der Waals surface area contributed by atoms with Gasteiger partial charge in [-0.15, -0.1) is 0 Å². The van der Waals surface area contributed by atoms with E-state index in [1.54, 1.807) is 42.5 Å². The summed E-state index contributed by atoms with van der Waals surface area (Å²) in [7, 11) is 2.03. The van der Waals surface area contributed by atoms with Gasteiger partial charge in [0.15, 0.2) is 17.6 Å². The van der Waals surface area contributed by atoms with Gasteiger partial charge in [-0.2, -0.15) is 0 Å². The van der Waals surface area contributed by atoms with Crippen LogP contribution in [0.15, 0.2) is 54.3 Å². The number of ether oxygens (including phenoxy) is 3. The molecule has 0 radical (unpaired) electrons. The Morgan fingerprint density at radius 3 is 2.79 bits per heavy atom. The number of aliphatic hydroxyl groups is 1. The Kier molecular flexibility index (Phi) is 5.97. The van der Waals surface area contributed by atoms with Gasteiger partial charge in [0, 0.05) is 30.1 Å². The van der Waals surface area contributed by atoms with Crippen LogP contribution in [0.2, 0.25) is 0 Å². The Balaban J connectivity index is 1.40. The van der Waals surface area contributed by atoms with Crippen LogP contribution < -0.4 is 10.5 Å². The molecule has 9 heteroatoms. The van der Waals surface area contributed by atoms with E-state index < -0.39 is 35.2 Å². The Labute approximate surface area is 220 Å². The summed E-state index contributed by atoms with van der Waals surface area (Å²) in [5, 5.41) is 23.2. The van der Waals surface area contributed by atoms with Gasteiger partial charge < -0.3 is 35.1 Å². The maximum Gasteiger partial charge on any atom is 0.357 e. The zero-order valence-corrected chi connectivity index (χ0v) is 21.3. The number of rotatable bonds is 6. The van der Waals surface area contributed by atoms with E-state index in [0.29, 0.717) is 24.2 Å². The largest absolute Gasteiger partial charge is 0.504 e. The van der Waals surface area contributed by atoms with Crippen molar-refractivity contribution in [3.63, 3.8) is 0 Å². The predicted molar refractivity (Wildman–Crippen MR) is 136 cm³/mol. The second kappa shape index (κ2) is 9.11. The molecule has 2 aliphatic heterocycles. The first kappa shape index (κ1) is 24.9. The Morgan fingerprint density at radius 1 is 1.24 bits per heavy atom. The van der Waals surface area contributed by atoms with Crippen molar-refractivity contribution in [3.05, 3.63) is 71.0 Å². The second-order valence-electron chi connectivity index (χ2n) is 10.7. The molecule has 2 aromatic rings. The van der Waals surface area contributed by atoms with Crippen LogP contribution in [0.4, 0.5) is 0 Å². The molecule has 2 bridgehead atoms. The topological polar surface area (TPSA) is 132 Å². The number of esters is 2. The summed E-state index contributed by atoms with van der Waals surface area (Å²) < 4.78 is 17.9. The second-order valence-corrected chi connectivity index (χ2v) is 10.7. The van der Waals surface area contributed by atoms with E-state index in [1.165, 1.54) is 0 Å². The van der Waals surface area contributed by atoms with Crippen LogP contribution in [-0.2, 0) is 30.9 Å². The molecule has 1 saturated heterocycles. The molecule has 9 nitrogen and oxygen atoms in total. The van der Waals surface area contributed by atoms with Crippen molar-refractivity contribution < 1.29 is 34.0 Å². The number of nitrogens with zero attached hydrogens (tertiary/aromatic N) is 1. The molecule has 2 aromatic carbocycles. The fraction of sp³-hybridized carbons (Fsp3) is 0.448. The van der Waals surface area contributed by atoms with E-state index in [4.69, 9.17) is 19.9 Å². The van der Waals surface area contributed by atoms with Crippen LogP contribution in [-0.4, -0.2) is 64.9 Å². The lowest BCUT2D eigenvalue weighted by Crippen LogP contribution is -2.69. The average Bonchev–Trinajstić information content (AvgIpc) is 3.25. The van der Waals surface area contributed by atoms with Crippen LogP contribution in [0.3, 0.4) is 0 Å². The number of hydrogen-bond acceptors (Lipinski definition) is 9. The lowest BCUT2D eigenvalue weighted by molar-refractivity contribution is -0.169. The number of carbonyl (C=O) groups excluding carboxylic acids is 2. The number of likely N-dealkylation sites (N-methyl/N-ethyl adjacent to an activating group) is 1. The molecule has 0 saturated carbocycles. The SMILES string of the molecule is CN1CCC[C@]23c4c5ccc(O)c4O[C@H]2C(OC(=O)[C@@H](OC(=O)CCN)c2ccccc2)=CC[C@@]3(O)[C@H]1C5. The minimum Gasteiger partial charge on any atom is -0.504 e. The van der Waals surface area contributed by atoms with Crippen molar-refractivity contribution in [3.8, 4) is 11.5 Å².